The van der Waals surface area contributed by atoms with E-state index in [0.29, 0.717) is 11.1 Å². The fourth-order valence-electron chi connectivity index (χ4n) is 3.19. The van der Waals surface area contributed by atoms with Gasteiger partial charge in [-0.1, -0.05) is 73.7 Å². The molecule has 0 saturated carbocycles. The largest absolute Gasteiger partial charge is 0.206 e. The van der Waals surface area contributed by atoms with Gasteiger partial charge in [-0.2, -0.15) is 10.2 Å². The van der Waals surface area contributed by atoms with E-state index in [4.69, 9.17) is 0 Å². The molecule has 0 unspecified atom stereocenters. The lowest BCUT2D eigenvalue weighted by Crippen LogP contribution is -1.89. The molecule has 152 valence electrons. The zero-order valence-electron chi connectivity index (χ0n) is 17.4. The molecule has 0 amide bonds. The quantitative estimate of drug-likeness (QED) is 0.160. The number of nitrogens with zero attached hydrogens (tertiary/aromatic N) is 2. The molecule has 0 atom stereocenters. The summed E-state index contributed by atoms with van der Waals surface area (Å²) in [7, 11) is 0. The smallest absolute Gasteiger partial charge is 0.131 e. The summed E-state index contributed by atoms with van der Waals surface area (Å²) in [6, 6.07) is 21.4. The summed E-state index contributed by atoms with van der Waals surface area (Å²) in [5, 5.41) is 8.13. The molecule has 0 saturated heterocycles. The highest BCUT2D eigenvalue weighted by Crippen LogP contribution is 2.24. The van der Waals surface area contributed by atoms with E-state index in [0.717, 1.165) is 36.8 Å². The molecular weight excluding hydrogens is 371 g/mol. The van der Waals surface area contributed by atoms with E-state index < -0.39 is 0 Å². The van der Waals surface area contributed by atoms with Crippen LogP contribution < -0.4 is 0 Å². The van der Waals surface area contributed by atoms with E-state index in [9.17, 15) is 4.39 Å². The Hall–Kier alpha value is -3.33. The lowest BCUT2D eigenvalue weighted by molar-refractivity contribution is 0.631. The fourth-order valence-corrected chi connectivity index (χ4v) is 3.19. The van der Waals surface area contributed by atoms with Crippen molar-refractivity contribution in [3.8, 4) is 11.1 Å². The summed E-state index contributed by atoms with van der Waals surface area (Å²) in [6.07, 6.45) is 9.37. The van der Waals surface area contributed by atoms with Crippen molar-refractivity contribution in [3.63, 3.8) is 0 Å². The van der Waals surface area contributed by atoms with Crippen LogP contribution in [0.3, 0.4) is 0 Å². The number of aryl methyl sites for hydroxylation is 2. The molecule has 0 bridgehead atoms. The van der Waals surface area contributed by atoms with Crippen molar-refractivity contribution in [2.75, 3.05) is 0 Å². The van der Waals surface area contributed by atoms with Crippen molar-refractivity contribution in [2.45, 2.75) is 32.6 Å². The zero-order chi connectivity index (χ0) is 21.2. The highest BCUT2D eigenvalue weighted by atomic mass is 19.1. The molecule has 0 aliphatic heterocycles. The number of benzene rings is 3. The van der Waals surface area contributed by atoms with E-state index in [1.165, 1.54) is 17.2 Å². The zero-order valence-corrected chi connectivity index (χ0v) is 17.4. The van der Waals surface area contributed by atoms with Crippen LogP contribution in [-0.4, -0.2) is 12.4 Å². The van der Waals surface area contributed by atoms with E-state index in [-0.39, 0.29) is 5.82 Å². The Labute approximate surface area is 178 Å². The molecule has 0 aliphatic rings. The summed E-state index contributed by atoms with van der Waals surface area (Å²) in [6.45, 7) is 5.85. The Kier molecular flexibility index (Phi) is 7.85. The second-order valence-corrected chi connectivity index (χ2v) is 7.20. The van der Waals surface area contributed by atoms with E-state index in [1.807, 2.05) is 48.5 Å². The van der Waals surface area contributed by atoms with Crippen LogP contribution in [0.1, 0.15) is 42.0 Å². The normalized spacial score (nSPS) is 11.4. The molecule has 0 aliphatic carbocycles. The van der Waals surface area contributed by atoms with Gasteiger partial charge in [-0.05, 0) is 59.6 Å². The number of allylic oxidation sites excluding steroid dienone is 1. The number of halogens is 1. The molecule has 0 spiro atoms. The second kappa shape index (κ2) is 11.0. The van der Waals surface area contributed by atoms with Crippen molar-refractivity contribution < 1.29 is 4.39 Å². The van der Waals surface area contributed by atoms with Crippen LogP contribution in [-0.2, 0) is 12.8 Å². The molecule has 0 aromatic heterocycles. The molecule has 3 aromatic rings. The molecule has 0 fully saturated rings. The third kappa shape index (κ3) is 6.08. The Morgan fingerprint density at radius 2 is 1.47 bits per heavy atom. The van der Waals surface area contributed by atoms with Crippen LogP contribution in [0, 0.1) is 5.82 Å². The molecule has 2 nitrogen and oxygen atoms in total. The Morgan fingerprint density at radius 3 is 2.10 bits per heavy atom. The van der Waals surface area contributed by atoms with Gasteiger partial charge in [0.15, 0.2) is 0 Å². The van der Waals surface area contributed by atoms with Gasteiger partial charge in [0.25, 0.3) is 0 Å². The number of hydrogen-bond acceptors (Lipinski definition) is 2. The Morgan fingerprint density at radius 1 is 0.833 bits per heavy atom. The number of hydrogen-bond donors (Lipinski definition) is 0. The standard InChI is InChI=1S/C27H27FN2/c1-3-5-6-7-22-8-10-23(11-9-22)19-29-30-20-24-14-17-26(27(28)18-24)25-15-12-21(4-2)13-16-25/h3,8-20H,1,4-7H2,2H3. The van der Waals surface area contributed by atoms with Gasteiger partial charge in [0, 0.05) is 5.56 Å². The maximum Gasteiger partial charge on any atom is 0.131 e. The van der Waals surface area contributed by atoms with Crippen LogP contribution in [0.4, 0.5) is 4.39 Å². The van der Waals surface area contributed by atoms with Crippen LogP contribution in [0.2, 0.25) is 0 Å². The number of unbranched alkanes of at least 4 members (excludes halogenated alkanes) is 1. The molecule has 0 heterocycles. The second-order valence-electron chi connectivity index (χ2n) is 7.20. The lowest BCUT2D eigenvalue weighted by Gasteiger charge is -2.05. The molecule has 3 heteroatoms. The third-order valence-electron chi connectivity index (χ3n) is 5.00. The van der Waals surface area contributed by atoms with Crippen LogP contribution in [0.25, 0.3) is 11.1 Å². The predicted molar refractivity (Wildman–Crippen MR) is 126 cm³/mol. The molecule has 3 aromatic carbocycles. The highest BCUT2D eigenvalue weighted by Gasteiger charge is 2.05. The molecule has 30 heavy (non-hydrogen) atoms. The van der Waals surface area contributed by atoms with Crippen molar-refractivity contribution in [1.29, 1.82) is 0 Å². The summed E-state index contributed by atoms with van der Waals surface area (Å²) in [5.74, 6) is -0.265. The maximum absolute atomic E-state index is 14.5. The van der Waals surface area contributed by atoms with Crippen molar-refractivity contribution in [1.82, 2.24) is 0 Å². The van der Waals surface area contributed by atoms with Crippen molar-refractivity contribution in [2.24, 2.45) is 10.2 Å². The third-order valence-corrected chi connectivity index (χ3v) is 5.00. The Bertz CT molecular complexity index is 1020. The van der Waals surface area contributed by atoms with Gasteiger partial charge in [0.1, 0.15) is 5.82 Å². The first-order valence-electron chi connectivity index (χ1n) is 10.3. The first-order chi connectivity index (χ1) is 14.7. The van der Waals surface area contributed by atoms with Gasteiger partial charge in [-0.25, -0.2) is 4.39 Å². The molecular formula is C27H27FN2. The molecule has 0 radical (unpaired) electrons. The van der Waals surface area contributed by atoms with E-state index >= 15 is 0 Å². The minimum absolute atomic E-state index is 0.265. The van der Waals surface area contributed by atoms with Crippen LogP contribution in [0.15, 0.2) is 89.6 Å². The summed E-state index contributed by atoms with van der Waals surface area (Å²) in [5.41, 5.74) is 5.67. The minimum atomic E-state index is -0.265. The predicted octanol–water partition coefficient (Wildman–Crippen LogP) is 7.02. The highest BCUT2D eigenvalue weighted by molar-refractivity contribution is 5.83. The topological polar surface area (TPSA) is 24.7 Å². The van der Waals surface area contributed by atoms with E-state index in [1.54, 1.807) is 18.5 Å². The first-order valence-corrected chi connectivity index (χ1v) is 10.3. The van der Waals surface area contributed by atoms with Crippen LogP contribution in [0.5, 0.6) is 0 Å². The van der Waals surface area contributed by atoms with E-state index in [2.05, 4.69) is 35.8 Å². The van der Waals surface area contributed by atoms with Gasteiger partial charge < -0.3 is 0 Å². The summed E-state index contributed by atoms with van der Waals surface area (Å²) < 4.78 is 14.5. The van der Waals surface area contributed by atoms with Gasteiger partial charge >= 0.3 is 0 Å². The summed E-state index contributed by atoms with van der Waals surface area (Å²) >= 11 is 0. The monoisotopic (exact) mass is 398 g/mol. The van der Waals surface area contributed by atoms with Crippen molar-refractivity contribution in [3.05, 3.63) is 107 Å². The van der Waals surface area contributed by atoms with Gasteiger partial charge in [-0.15, -0.1) is 6.58 Å². The van der Waals surface area contributed by atoms with Crippen molar-refractivity contribution >= 4 is 12.4 Å². The molecule has 0 N–H and O–H groups in total. The average Bonchev–Trinajstić information content (AvgIpc) is 2.78. The van der Waals surface area contributed by atoms with Gasteiger partial charge in [0.2, 0.25) is 0 Å². The number of rotatable bonds is 9. The fraction of sp³-hybridized carbons (Fsp3) is 0.185. The minimum Gasteiger partial charge on any atom is -0.206 e. The maximum atomic E-state index is 14.5. The van der Waals surface area contributed by atoms with Gasteiger partial charge in [-0.3, -0.25) is 0 Å². The average molecular weight is 399 g/mol. The SMILES string of the molecule is C=CCCCc1ccc(C=NN=Cc2ccc(-c3ccc(CC)cc3)c(F)c2)cc1. The van der Waals surface area contributed by atoms with Gasteiger partial charge in [0.05, 0.1) is 12.4 Å². The Balaban J connectivity index is 1.60. The lowest BCUT2D eigenvalue weighted by atomic mass is 10.0. The summed E-state index contributed by atoms with van der Waals surface area (Å²) in [4.78, 5) is 0. The van der Waals surface area contributed by atoms with Crippen LogP contribution >= 0.6 is 0 Å². The molecule has 3 rings (SSSR count). The first kappa shape index (κ1) is 21.4.